The summed E-state index contributed by atoms with van der Waals surface area (Å²) < 4.78 is 4.58. The van der Waals surface area contributed by atoms with Gasteiger partial charge in [0.1, 0.15) is 6.04 Å². The SMILES string of the molecule is CC[C@@H](NC(=O)c1ccc(C#N)cc1)C(=O)OC. The monoisotopic (exact) mass is 246 g/mol. The van der Waals surface area contributed by atoms with E-state index in [1.807, 2.05) is 6.07 Å². The fraction of sp³-hybridized carbons (Fsp3) is 0.308. The zero-order valence-corrected chi connectivity index (χ0v) is 10.3. The van der Waals surface area contributed by atoms with Crippen LogP contribution in [0.3, 0.4) is 0 Å². The van der Waals surface area contributed by atoms with Crippen LogP contribution in [0, 0.1) is 11.3 Å². The Kier molecular flexibility index (Phi) is 4.88. The first-order valence-electron chi connectivity index (χ1n) is 5.51. The van der Waals surface area contributed by atoms with E-state index in [2.05, 4.69) is 10.1 Å². The molecule has 5 nitrogen and oxygen atoms in total. The van der Waals surface area contributed by atoms with Crippen molar-refractivity contribution >= 4 is 11.9 Å². The molecule has 1 rings (SSSR count). The van der Waals surface area contributed by atoms with Crippen molar-refractivity contribution < 1.29 is 14.3 Å². The Balaban J connectivity index is 2.75. The topological polar surface area (TPSA) is 79.2 Å². The van der Waals surface area contributed by atoms with Crippen LogP contribution in [0.2, 0.25) is 0 Å². The van der Waals surface area contributed by atoms with E-state index in [0.29, 0.717) is 17.5 Å². The van der Waals surface area contributed by atoms with E-state index < -0.39 is 12.0 Å². The van der Waals surface area contributed by atoms with E-state index in [4.69, 9.17) is 5.26 Å². The third kappa shape index (κ3) is 3.32. The van der Waals surface area contributed by atoms with Crippen LogP contribution in [0.25, 0.3) is 0 Å². The Bertz CT molecular complexity index is 474. The Morgan fingerprint density at radius 1 is 1.39 bits per heavy atom. The summed E-state index contributed by atoms with van der Waals surface area (Å²) in [5.74, 6) is -0.837. The molecule has 1 N–H and O–H groups in total. The van der Waals surface area contributed by atoms with Gasteiger partial charge in [0.05, 0.1) is 18.7 Å². The molecule has 0 unspecified atom stereocenters. The fourth-order valence-electron chi connectivity index (χ4n) is 1.41. The van der Waals surface area contributed by atoms with Gasteiger partial charge in [-0.1, -0.05) is 6.92 Å². The molecule has 5 heteroatoms. The number of nitrogens with zero attached hydrogens (tertiary/aromatic N) is 1. The van der Waals surface area contributed by atoms with Crippen molar-refractivity contribution in [3.05, 3.63) is 35.4 Å². The fourth-order valence-corrected chi connectivity index (χ4v) is 1.41. The van der Waals surface area contributed by atoms with Crippen molar-refractivity contribution in [2.24, 2.45) is 0 Å². The number of rotatable bonds is 4. The highest BCUT2D eigenvalue weighted by Crippen LogP contribution is 2.04. The smallest absolute Gasteiger partial charge is 0.328 e. The van der Waals surface area contributed by atoms with Gasteiger partial charge in [0, 0.05) is 5.56 Å². The maximum Gasteiger partial charge on any atom is 0.328 e. The molecular formula is C13H14N2O3. The van der Waals surface area contributed by atoms with Crippen molar-refractivity contribution in [2.45, 2.75) is 19.4 Å². The van der Waals surface area contributed by atoms with Gasteiger partial charge in [0.15, 0.2) is 0 Å². The summed E-state index contributed by atoms with van der Waals surface area (Å²) in [6.07, 6.45) is 0.453. The second-order valence-corrected chi connectivity index (χ2v) is 3.65. The minimum atomic E-state index is -0.654. The van der Waals surface area contributed by atoms with Gasteiger partial charge < -0.3 is 10.1 Å². The number of esters is 1. The molecule has 1 aromatic carbocycles. The van der Waals surface area contributed by atoms with E-state index in [1.165, 1.54) is 19.2 Å². The van der Waals surface area contributed by atoms with Gasteiger partial charge >= 0.3 is 5.97 Å². The zero-order chi connectivity index (χ0) is 13.5. The number of amides is 1. The third-order valence-electron chi connectivity index (χ3n) is 2.48. The molecule has 0 aliphatic rings. The lowest BCUT2D eigenvalue weighted by Crippen LogP contribution is -2.41. The van der Waals surface area contributed by atoms with Crippen LogP contribution in [0.4, 0.5) is 0 Å². The van der Waals surface area contributed by atoms with Gasteiger partial charge in [-0.2, -0.15) is 5.26 Å². The Morgan fingerprint density at radius 3 is 2.44 bits per heavy atom. The molecule has 1 amide bonds. The van der Waals surface area contributed by atoms with Gasteiger partial charge in [-0.25, -0.2) is 4.79 Å². The second kappa shape index (κ2) is 6.40. The standard InChI is InChI=1S/C13H14N2O3/c1-3-11(13(17)18-2)15-12(16)10-6-4-9(8-14)5-7-10/h4-7,11H,3H2,1-2H3,(H,15,16)/t11-/m1/s1. The van der Waals surface area contributed by atoms with Crippen LogP contribution < -0.4 is 5.32 Å². The van der Waals surface area contributed by atoms with Crippen molar-refractivity contribution in [1.29, 1.82) is 5.26 Å². The summed E-state index contributed by atoms with van der Waals surface area (Å²) >= 11 is 0. The van der Waals surface area contributed by atoms with E-state index in [1.54, 1.807) is 19.1 Å². The van der Waals surface area contributed by atoms with E-state index in [9.17, 15) is 9.59 Å². The minimum Gasteiger partial charge on any atom is -0.467 e. The first-order chi connectivity index (χ1) is 8.62. The number of methoxy groups -OCH3 is 1. The predicted molar refractivity (Wildman–Crippen MR) is 64.7 cm³/mol. The first-order valence-corrected chi connectivity index (χ1v) is 5.51. The molecule has 0 saturated carbocycles. The average molecular weight is 246 g/mol. The number of benzene rings is 1. The molecular weight excluding hydrogens is 232 g/mol. The highest BCUT2D eigenvalue weighted by Gasteiger charge is 2.19. The lowest BCUT2D eigenvalue weighted by molar-refractivity contribution is -0.142. The first kappa shape index (κ1) is 13.7. The predicted octanol–water partition coefficient (Wildman–Crippen LogP) is 1.24. The van der Waals surface area contributed by atoms with Gasteiger partial charge in [-0.3, -0.25) is 4.79 Å². The van der Waals surface area contributed by atoms with Crippen molar-refractivity contribution in [3.8, 4) is 6.07 Å². The summed E-state index contributed by atoms with van der Waals surface area (Å²) in [5.41, 5.74) is 0.878. The summed E-state index contributed by atoms with van der Waals surface area (Å²) in [5, 5.41) is 11.2. The molecule has 1 atom stereocenters. The van der Waals surface area contributed by atoms with E-state index >= 15 is 0 Å². The molecule has 0 bridgehead atoms. The van der Waals surface area contributed by atoms with Gasteiger partial charge in [-0.15, -0.1) is 0 Å². The molecule has 0 radical (unpaired) electrons. The van der Waals surface area contributed by atoms with Crippen LogP contribution in [-0.2, 0) is 9.53 Å². The summed E-state index contributed by atoms with van der Waals surface area (Å²) in [7, 11) is 1.28. The Hall–Kier alpha value is -2.35. The average Bonchev–Trinajstić information content (AvgIpc) is 2.43. The molecule has 0 aliphatic carbocycles. The van der Waals surface area contributed by atoms with Crippen LogP contribution >= 0.6 is 0 Å². The number of nitriles is 1. The molecule has 18 heavy (non-hydrogen) atoms. The quantitative estimate of drug-likeness (QED) is 0.810. The number of hydrogen-bond acceptors (Lipinski definition) is 4. The number of ether oxygens (including phenoxy) is 1. The highest BCUT2D eigenvalue weighted by atomic mass is 16.5. The molecule has 0 aromatic heterocycles. The molecule has 0 aliphatic heterocycles. The van der Waals surface area contributed by atoms with Crippen LogP contribution in [-0.4, -0.2) is 25.0 Å². The normalized spacial score (nSPS) is 11.2. The molecule has 0 spiro atoms. The summed E-state index contributed by atoms with van der Waals surface area (Å²) in [6.45, 7) is 1.78. The lowest BCUT2D eigenvalue weighted by atomic mass is 10.1. The molecule has 0 saturated heterocycles. The summed E-state index contributed by atoms with van der Waals surface area (Å²) in [6, 6.07) is 7.49. The van der Waals surface area contributed by atoms with Crippen molar-refractivity contribution in [2.75, 3.05) is 7.11 Å². The third-order valence-corrected chi connectivity index (χ3v) is 2.48. The Labute approximate surface area is 105 Å². The van der Waals surface area contributed by atoms with Crippen molar-refractivity contribution in [1.82, 2.24) is 5.32 Å². The highest BCUT2D eigenvalue weighted by molar-refractivity contribution is 5.96. The molecule has 94 valence electrons. The van der Waals surface area contributed by atoms with Gasteiger partial charge in [0.25, 0.3) is 5.91 Å². The number of nitrogens with one attached hydrogen (secondary N) is 1. The number of carbonyl (C=O) groups is 2. The van der Waals surface area contributed by atoms with Gasteiger partial charge in [0.2, 0.25) is 0 Å². The maximum atomic E-state index is 11.8. The zero-order valence-electron chi connectivity index (χ0n) is 10.3. The molecule has 1 aromatic rings. The van der Waals surface area contributed by atoms with Gasteiger partial charge in [-0.05, 0) is 30.7 Å². The lowest BCUT2D eigenvalue weighted by Gasteiger charge is -2.14. The number of carbonyl (C=O) groups excluding carboxylic acids is 2. The molecule has 0 fully saturated rings. The van der Waals surface area contributed by atoms with Crippen LogP contribution in [0.1, 0.15) is 29.3 Å². The Morgan fingerprint density at radius 2 is 2.00 bits per heavy atom. The number of hydrogen-bond donors (Lipinski definition) is 1. The van der Waals surface area contributed by atoms with E-state index in [0.717, 1.165) is 0 Å². The van der Waals surface area contributed by atoms with Crippen molar-refractivity contribution in [3.63, 3.8) is 0 Å². The van der Waals surface area contributed by atoms with Crippen LogP contribution in [0.5, 0.6) is 0 Å². The largest absolute Gasteiger partial charge is 0.467 e. The second-order valence-electron chi connectivity index (χ2n) is 3.65. The minimum absolute atomic E-state index is 0.364. The van der Waals surface area contributed by atoms with Crippen LogP contribution in [0.15, 0.2) is 24.3 Å². The van der Waals surface area contributed by atoms with E-state index in [-0.39, 0.29) is 5.91 Å². The maximum absolute atomic E-state index is 11.8. The molecule has 0 heterocycles. The summed E-state index contributed by atoms with van der Waals surface area (Å²) in [4.78, 5) is 23.2.